The van der Waals surface area contributed by atoms with Crippen molar-refractivity contribution in [2.24, 2.45) is 16.9 Å². The number of hydrazone groups is 1. The number of ketones is 1. The number of hydrogen-bond donors (Lipinski definition) is 3. The number of carbonyl (C=O) groups excluding carboxylic acids is 2. The number of halogens is 2. The van der Waals surface area contributed by atoms with Gasteiger partial charge in [0, 0.05) is 32.6 Å². The van der Waals surface area contributed by atoms with Crippen molar-refractivity contribution in [1.82, 2.24) is 15.5 Å². The topological polar surface area (TPSA) is 99.8 Å². The zero-order chi connectivity index (χ0) is 17.6. The molecule has 0 saturated carbocycles. The van der Waals surface area contributed by atoms with Crippen molar-refractivity contribution in [3.8, 4) is 0 Å². The smallest absolute Gasteiger partial charge is 0.227 e. The van der Waals surface area contributed by atoms with E-state index in [1.807, 2.05) is 24.3 Å². The van der Waals surface area contributed by atoms with Crippen molar-refractivity contribution >= 4 is 42.7 Å². The summed E-state index contributed by atoms with van der Waals surface area (Å²) >= 11 is 0. The summed E-state index contributed by atoms with van der Waals surface area (Å²) in [6, 6.07) is 7.18. The van der Waals surface area contributed by atoms with Crippen LogP contribution in [0.3, 0.4) is 0 Å². The molecule has 1 aromatic carbocycles. The molecule has 3 rings (SSSR count). The lowest BCUT2D eigenvalue weighted by atomic mass is 9.98. The molecule has 2 heterocycles. The van der Waals surface area contributed by atoms with Crippen LogP contribution >= 0.6 is 24.8 Å². The summed E-state index contributed by atoms with van der Waals surface area (Å²) in [6.07, 6.45) is 2.74. The van der Waals surface area contributed by atoms with Crippen molar-refractivity contribution in [2.45, 2.75) is 18.9 Å². The van der Waals surface area contributed by atoms with Gasteiger partial charge in [-0.3, -0.25) is 9.59 Å². The van der Waals surface area contributed by atoms with Crippen LogP contribution in [-0.4, -0.2) is 61.6 Å². The van der Waals surface area contributed by atoms with Gasteiger partial charge in [0.05, 0.1) is 12.1 Å². The minimum absolute atomic E-state index is 0. The molecule has 2 aliphatic rings. The number of rotatable bonds is 5. The number of amides is 1. The summed E-state index contributed by atoms with van der Waals surface area (Å²) in [5, 5.41) is 9.95. The summed E-state index contributed by atoms with van der Waals surface area (Å²) in [5.41, 5.74) is 1.82. The van der Waals surface area contributed by atoms with Gasteiger partial charge in [0.25, 0.3) is 0 Å². The highest BCUT2D eigenvalue weighted by molar-refractivity contribution is 5.92. The molecule has 0 radical (unpaired) electrons. The fourth-order valence-electron chi connectivity index (χ4n) is 3.48. The Morgan fingerprint density at radius 3 is 2.48 bits per heavy atom. The maximum absolute atomic E-state index is 12.8. The average molecular weight is 416 g/mol. The third-order valence-corrected chi connectivity index (χ3v) is 4.89. The van der Waals surface area contributed by atoms with Crippen molar-refractivity contribution in [2.75, 3.05) is 32.7 Å². The van der Waals surface area contributed by atoms with Gasteiger partial charge in [0.15, 0.2) is 5.78 Å². The normalized spacial score (nSPS) is 22.1. The SMILES string of the molecule is Cl.Cl.N/N=C/c1ccc(CC(=O)C2CNCCN2C(=O)C2CCNC2)cc1. The Kier molecular flexibility index (Phi) is 9.73. The Hall–Kier alpha value is -1.67. The number of nitrogens with one attached hydrogen (secondary N) is 2. The first kappa shape index (κ1) is 23.4. The third-order valence-electron chi connectivity index (χ3n) is 4.89. The van der Waals surface area contributed by atoms with Gasteiger partial charge in [-0.15, -0.1) is 24.8 Å². The van der Waals surface area contributed by atoms with Crippen LogP contribution in [0, 0.1) is 5.92 Å². The lowest BCUT2D eigenvalue weighted by molar-refractivity contribution is -0.143. The van der Waals surface area contributed by atoms with E-state index < -0.39 is 0 Å². The number of nitrogens with two attached hydrogens (primary N) is 1. The lowest BCUT2D eigenvalue weighted by Crippen LogP contribution is -2.58. The quantitative estimate of drug-likeness (QED) is 0.365. The van der Waals surface area contributed by atoms with Gasteiger partial charge in [-0.25, -0.2) is 0 Å². The first-order valence-corrected chi connectivity index (χ1v) is 8.76. The Bertz CT molecular complexity index is 648. The summed E-state index contributed by atoms with van der Waals surface area (Å²) in [6.45, 7) is 3.45. The maximum atomic E-state index is 12.8. The average Bonchev–Trinajstić information content (AvgIpc) is 3.17. The first-order valence-electron chi connectivity index (χ1n) is 8.76. The minimum Gasteiger partial charge on any atom is -0.330 e. The van der Waals surface area contributed by atoms with Gasteiger partial charge >= 0.3 is 0 Å². The van der Waals surface area contributed by atoms with E-state index in [1.54, 1.807) is 11.1 Å². The largest absolute Gasteiger partial charge is 0.330 e. The molecule has 1 aromatic rings. The summed E-state index contributed by atoms with van der Waals surface area (Å²) in [4.78, 5) is 27.4. The highest BCUT2D eigenvalue weighted by Crippen LogP contribution is 2.17. The number of Topliss-reactive ketones (excluding diaryl/α,β-unsaturated/α-hetero) is 1. The number of carbonyl (C=O) groups is 2. The Labute approximate surface area is 171 Å². The van der Waals surface area contributed by atoms with Gasteiger partial charge in [-0.1, -0.05) is 24.3 Å². The molecule has 2 fully saturated rings. The molecule has 27 heavy (non-hydrogen) atoms. The summed E-state index contributed by atoms with van der Waals surface area (Å²) < 4.78 is 0. The van der Waals surface area contributed by atoms with E-state index in [4.69, 9.17) is 5.84 Å². The molecule has 2 unspecified atom stereocenters. The molecular formula is C18H27Cl2N5O2. The monoisotopic (exact) mass is 415 g/mol. The number of benzene rings is 1. The molecule has 0 aliphatic carbocycles. The minimum atomic E-state index is -0.382. The zero-order valence-corrected chi connectivity index (χ0v) is 16.7. The Balaban J connectivity index is 0.00000182. The number of piperazine rings is 1. The van der Waals surface area contributed by atoms with Crippen LogP contribution in [0.25, 0.3) is 0 Å². The molecule has 0 aromatic heterocycles. The molecule has 2 saturated heterocycles. The summed E-state index contributed by atoms with van der Waals surface area (Å²) in [5.74, 6) is 5.33. The molecule has 0 bridgehead atoms. The second kappa shape index (κ2) is 11.2. The molecular weight excluding hydrogens is 389 g/mol. The van der Waals surface area contributed by atoms with Crippen molar-refractivity contribution < 1.29 is 9.59 Å². The van der Waals surface area contributed by atoms with E-state index in [2.05, 4.69) is 15.7 Å². The van der Waals surface area contributed by atoms with Gasteiger partial charge in [-0.05, 0) is 24.1 Å². The van der Waals surface area contributed by atoms with Crippen molar-refractivity contribution in [3.05, 3.63) is 35.4 Å². The lowest BCUT2D eigenvalue weighted by Gasteiger charge is -2.36. The van der Waals surface area contributed by atoms with Crippen LogP contribution in [0.5, 0.6) is 0 Å². The Morgan fingerprint density at radius 2 is 1.85 bits per heavy atom. The maximum Gasteiger partial charge on any atom is 0.227 e. The fraction of sp³-hybridized carbons (Fsp3) is 0.500. The molecule has 7 nitrogen and oxygen atoms in total. The van der Waals surface area contributed by atoms with Crippen molar-refractivity contribution in [3.63, 3.8) is 0 Å². The highest BCUT2D eigenvalue weighted by Gasteiger charge is 2.35. The second-order valence-electron chi connectivity index (χ2n) is 6.60. The van der Waals surface area contributed by atoms with Crippen LogP contribution in [0.1, 0.15) is 17.5 Å². The van der Waals surface area contributed by atoms with E-state index in [0.717, 1.165) is 30.6 Å². The van der Waals surface area contributed by atoms with Gasteiger partial charge in [0.2, 0.25) is 5.91 Å². The summed E-state index contributed by atoms with van der Waals surface area (Å²) in [7, 11) is 0. The van der Waals surface area contributed by atoms with E-state index in [-0.39, 0.29) is 48.5 Å². The van der Waals surface area contributed by atoms with Crippen LogP contribution in [-0.2, 0) is 16.0 Å². The molecule has 150 valence electrons. The fourth-order valence-corrected chi connectivity index (χ4v) is 3.48. The van der Waals surface area contributed by atoms with Gasteiger partial charge < -0.3 is 21.4 Å². The predicted octanol–water partition coefficient (Wildman–Crippen LogP) is 0.344. The van der Waals surface area contributed by atoms with Gasteiger partial charge in [-0.2, -0.15) is 5.10 Å². The second-order valence-corrected chi connectivity index (χ2v) is 6.60. The van der Waals surface area contributed by atoms with Crippen molar-refractivity contribution in [1.29, 1.82) is 0 Å². The van der Waals surface area contributed by atoms with Crippen LogP contribution in [0.4, 0.5) is 0 Å². The van der Waals surface area contributed by atoms with E-state index in [1.165, 1.54) is 0 Å². The molecule has 2 aliphatic heterocycles. The van der Waals surface area contributed by atoms with Crippen LogP contribution < -0.4 is 16.5 Å². The molecule has 9 heteroatoms. The van der Waals surface area contributed by atoms with Crippen LogP contribution in [0.15, 0.2) is 29.4 Å². The molecule has 4 N–H and O–H groups in total. The molecule has 1 amide bonds. The van der Waals surface area contributed by atoms with Gasteiger partial charge in [0.1, 0.15) is 6.04 Å². The van der Waals surface area contributed by atoms with E-state index >= 15 is 0 Å². The number of nitrogens with zero attached hydrogens (tertiary/aromatic N) is 2. The van der Waals surface area contributed by atoms with Crippen LogP contribution in [0.2, 0.25) is 0 Å². The molecule has 2 atom stereocenters. The van der Waals surface area contributed by atoms with E-state index in [9.17, 15) is 9.59 Å². The zero-order valence-electron chi connectivity index (χ0n) is 15.1. The standard InChI is InChI=1S/C18H25N5O2.2ClH/c19-22-10-14-3-1-13(2-4-14)9-17(24)16-12-21-7-8-23(16)18(25)15-5-6-20-11-15;;/h1-4,10,15-16,20-21H,5-9,11-12,19H2;2*1H/b22-10+;;. The molecule has 0 spiro atoms. The predicted molar refractivity (Wildman–Crippen MR) is 111 cm³/mol. The number of hydrogen-bond acceptors (Lipinski definition) is 6. The Morgan fingerprint density at radius 1 is 1.15 bits per heavy atom. The highest BCUT2D eigenvalue weighted by atomic mass is 35.5. The first-order chi connectivity index (χ1) is 12.2. The third kappa shape index (κ3) is 5.90. The van der Waals surface area contributed by atoms with E-state index in [0.29, 0.717) is 26.1 Å².